The van der Waals surface area contributed by atoms with Crippen LogP contribution < -0.4 is 10.4 Å². The zero-order valence-electron chi connectivity index (χ0n) is 19.1. The fourth-order valence-electron chi connectivity index (χ4n) is 2.89. The number of esters is 1. The van der Waals surface area contributed by atoms with Gasteiger partial charge >= 0.3 is 18.2 Å². The third-order valence-corrected chi connectivity index (χ3v) is 4.52. The molecule has 0 aromatic heterocycles. The number of anilines is 1. The van der Waals surface area contributed by atoms with Gasteiger partial charge < -0.3 is 14.2 Å². The van der Waals surface area contributed by atoms with Crippen molar-refractivity contribution in [2.45, 2.75) is 20.1 Å². The Morgan fingerprint density at radius 1 is 0.771 bits per heavy atom. The third kappa shape index (κ3) is 7.94. The first-order valence-corrected chi connectivity index (χ1v) is 10.8. The first kappa shape index (κ1) is 24.9. The van der Waals surface area contributed by atoms with Gasteiger partial charge in [0.2, 0.25) is 0 Å². The Labute approximate surface area is 203 Å². The smallest absolute Gasteiger partial charge is 0.433 e. The second kappa shape index (κ2) is 13.1. The second-order valence-corrected chi connectivity index (χ2v) is 7.04. The van der Waals surface area contributed by atoms with E-state index >= 15 is 0 Å². The molecule has 0 aliphatic carbocycles. The van der Waals surface area contributed by atoms with Crippen LogP contribution >= 0.6 is 0 Å². The molecule has 3 aromatic carbocycles. The van der Waals surface area contributed by atoms with Gasteiger partial charge in [-0.3, -0.25) is 0 Å². The van der Waals surface area contributed by atoms with Gasteiger partial charge in [0, 0.05) is 5.92 Å². The number of carbonyl (C=O) groups excluding carboxylic acids is 3. The average molecular weight is 472 g/mol. The summed E-state index contributed by atoms with van der Waals surface area (Å²) in [5.41, 5.74) is 4.44. The molecule has 0 heterocycles. The molecule has 0 fully saturated rings. The number of nitrogens with one attached hydrogen (secondary N) is 1. The molecule has 35 heavy (non-hydrogen) atoms. The molecule has 0 bridgehead atoms. The molecule has 8 heteroatoms. The summed E-state index contributed by atoms with van der Waals surface area (Å²) in [7, 11) is 0. The minimum atomic E-state index is -0.876. The molecule has 1 N–H and O–H groups in total. The van der Waals surface area contributed by atoms with E-state index < -0.39 is 18.2 Å². The maximum absolute atomic E-state index is 13.0. The number of amides is 2. The minimum absolute atomic E-state index is 0.00386. The number of para-hydroxylation sites is 1. The van der Waals surface area contributed by atoms with Crippen LogP contribution in [0.3, 0.4) is 0 Å². The maximum Gasteiger partial charge on any atom is 0.433 e. The van der Waals surface area contributed by atoms with Gasteiger partial charge in [-0.25, -0.2) is 19.8 Å². The van der Waals surface area contributed by atoms with Crippen LogP contribution in [0.4, 0.5) is 15.3 Å². The Bertz CT molecular complexity index is 1200. The Hall–Kier alpha value is -4.77. The van der Waals surface area contributed by atoms with Crippen molar-refractivity contribution >= 4 is 23.8 Å². The second-order valence-electron chi connectivity index (χ2n) is 7.04. The monoisotopic (exact) mass is 472 g/mol. The summed E-state index contributed by atoms with van der Waals surface area (Å²) in [5.74, 6) is 4.32. The van der Waals surface area contributed by atoms with Crippen LogP contribution in [0.15, 0.2) is 84.9 Å². The zero-order chi connectivity index (χ0) is 24.9. The minimum Gasteiger partial charge on any atom is -0.456 e. The molecule has 0 saturated heterocycles. The molecule has 0 atom stereocenters. The highest BCUT2D eigenvalue weighted by Crippen LogP contribution is 2.20. The SMILES string of the molecule is CCOC(=O)C#Cc1ccccc1N(NC(=O)OCc1ccccc1)C(=O)OCc1ccccc1. The lowest BCUT2D eigenvalue weighted by molar-refractivity contribution is -0.136. The lowest BCUT2D eigenvalue weighted by Gasteiger charge is -2.23. The standard InChI is InChI=1S/C27H24N2O6/c1-2-33-25(30)18-17-23-15-9-10-16-24(23)29(27(32)35-20-22-13-7-4-8-14-22)28-26(31)34-19-21-11-5-3-6-12-21/h3-16H,2,19-20H2,1H3,(H,28,31). The number of hydrogen-bond acceptors (Lipinski definition) is 6. The highest BCUT2D eigenvalue weighted by molar-refractivity contribution is 5.93. The van der Waals surface area contributed by atoms with Crippen molar-refractivity contribution in [3.05, 3.63) is 102 Å². The molecule has 0 unspecified atom stereocenters. The van der Waals surface area contributed by atoms with Crippen molar-refractivity contribution < 1.29 is 28.6 Å². The van der Waals surface area contributed by atoms with E-state index in [1.165, 1.54) is 0 Å². The maximum atomic E-state index is 13.0. The number of nitrogens with zero attached hydrogens (tertiary/aromatic N) is 1. The fraction of sp³-hybridized carbons (Fsp3) is 0.148. The molecule has 0 aliphatic rings. The topological polar surface area (TPSA) is 94.2 Å². The lowest BCUT2D eigenvalue weighted by atomic mass is 10.2. The Morgan fingerprint density at radius 3 is 1.97 bits per heavy atom. The number of ether oxygens (including phenoxy) is 3. The summed E-state index contributed by atoms with van der Waals surface area (Å²) in [4.78, 5) is 37.3. The van der Waals surface area contributed by atoms with Gasteiger partial charge in [-0.15, -0.1) is 0 Å². The molecule has 3 aromatic rings. The van der Waals surface area contributed by atoms with Crippen LogP contribution in [0.25, 0.3) is 0 Å². The van der Waals surface area contributed by atoms with Gasteiger partial charge in [-0.05, 0) is 30.2 Å². The van der Waals surface area contributed by atoms with E-state index in [0.717, 1.165) is 16.1 Å². The van der Waals surface area contributed by atoms with Crippen molar-refractivity contribution in [2.75, 3.05) is 11.6 Å². The van der Waals surface area contributed by atoms with Crippen molar-refractivity contribution in [1.29, 1.82) is 0 Å². The van der Waals surface area contributed by atoms with Crippen molar-refractivity contribution in [1.82, 2.24) is 5.43 Å². The van der Waals surface area contributed by atoms with Gasteiger partial charge in [-0.2, -0.15) is 5.01 Å². The highest BCUT2D eigenvalue weighted by atomic mass is 16.6. The van der Waals surface area contributed by atoms with E-state index in [1.807, 2.05) is 36.4 Å². The summed E-state index contributed by atoms with van der Waals surface area (Å²) in [5, 5.41) is 0.894. The first-order valence-electron chi connectivity index (χ1n) is 10.8. The molecular weight excluding hydrogens is 448 g/mol. The number of hydrazine groups is 1. The predicted octanol–water partition coefficient (Wildman–Crippen LogP) is 4.59. The van der Waals surface area contributed by atoms with Gasteiger partial charge in [-0.1, -0.05) is 78.7 Å². The molecule has 0 aliphatic heterocycles. The largest absolute Gasteiger partial charge is 0.456 e. The third-order valence-electron chi connectivity index (χ3n) is 4.52. The van der Waals surface area contributed by atoms with Crippen LogP contribution in [0, 0.1) is 11.8 Å². The van der Waals surface area contributed by atoms with Crippen molar-refractivity contribution in [2.24, 2.45) is 0 Å². The quantitative estimate of drug-likeness (QED) is 0.244. The van der Waals surface area contributed by atoms with Crippen LogP contribution in [-0.2, 0) is 32.2 Å². The highest BCUT2D eigenvalue weighted by Gasteiger charge is 2.23. The number of carbonyl (C=O) groups is 3. The van der Waals surface area contributed by atoms with Gasteiger partial charge in [0.15, 0.2) is 0 Å². The lowest BCUT2D eigenvalue weighted by Crippen LogP contribution is -2.47. The van der Waals surface area contributed by atoms with Crippen LogP contribution in [-0.4, -0.2) is 24.8 Å². The molecule has 0 saturated carbocycles. The summed E-state index contributed by atoms with van der Waals surface area (Å²) >= 11 is 0. The number of hydrogen-bond donors (Lipinski definition) is 1. The summed E-state index contributed by atoms with van der Waals surface area (Å²) in [6.45, 7) is 1.84. The van der Waals surface area contributed by atoms with Crippen molar-refractivity contribution in [3.63, 3.8) is 0 Å². The first-order chi connectivity index (χ1) is 17.1. The number of benzene rings is 3. The number of rotatable bonds is 6. The Kier molecular flexibility index (Phi) is 9.28. The van der Waals surface area contributed by atoms with E-state index in [2.05, 4.69) is 17.3 Å². The Morgan fingerprint density at radius 2 is 1.34 bits per heavy atom. The van der Waals surface area contributed by atoms with E-state index in [-0.39, 0.29) is 25.5 Å². The van der Waals surface area contributed by atoms with Gasteiger partial charge in [0.1, 0.15) is 13.2 Å². The van der Waals surface area contributed by atoms with E-state index in [0.29, 0.717) is 5.56 Å². The van der Waals surface area contributed by atoms with Gasteiger partial charge in [0.25, 0.3) is 0 Å². The molecule has 0 spiro atoms. The van der Waals surface area contributed by atoms with Crippen LogP contribution in [0.2, 0.25) is 0 Å². The van der Waals surface area contributed by atoms with E-state index in [9.17, 15) is 14.4 Å². The molecule has 178 valence electrons. The van der Waals surface area contributed by atoms with Crippen LogP contribution in [0.5, 0.6) is 0 Å². The molecule has 8 nitrogen and oxygen atoms in total. The zero-order valence-corrected chi connectivity index (χ0v) is 19.1. The average Bonchev–Trinajstić information content (AvgIpc) is 2.89. The normalized spacial score (nSPS) is 9.74. The van der Waals surface area contributed by atoms with E-state index in [1.54, 1.807) is 55.5 Å². The van der Waals surface area contributed by atoms with Crippen molar-refractivity contribution in [3.8, 4) is 11.8 Å². The summed E-state index contributed by atoms with van der Waals surface area (Å²) in [6, 6.07) is 24.7. The molecular formula is C27H24N2O6. The molecule has 0 radical (unpaired) electrons. The summed E-state index contributed by atoms with van der Waals surface area (Å²) in [6.07, 6.45) is -1.74. The molecule has 2 amide bonds. The Balaban J connectivity index is 1.81. The van der Waals surface area contributed by atoms with Crippen LogP contribution in [0.1, 0.15) is 23.6 Å². The van der Waals surface area contributed by atoms with Gasteiger partial charge in [0.05, 0.1) is 17.9 Å². The van der Waals surface area contributed by atoms with E-state index in [4.69, 9.17) is 14.2 Å². The fourth-order valence-corrected chi connectivity index (χ4v) is 2.89. The molecule has 3 rings (SSSR count). The predicted molar refractivity (Wildman–Crippen MR) is 129 cm³/mol. The summed E-state index contributed by atoms with van der Waals surface area (Å²) < 4.78 is 15.5.